The fourth-order valence-electron chi connectivity index (χ4n) is 5.37. The monoisotopic (exact) mass is 672 g/mol. The van der Waals surface area contributed by atoms with Gasteiger partial charge in [0.25, 0.3) is 0 Å². The lowest BCUT2D eigenvalue weighted by atomic mass is 9.97. The molecule has 0 amide bonds. The first-order valence-corrected chi connectivity index (χ1v) is 16.6. The summed E-state index contributed by atoms with van der Waals surface area (Å²) in [7, 11) is 1.42. The van der Waals surface area contributed by atoms with Gasteiger partial charge >= 0.3 is 0 Å². The van der Waals surface area contributed by atoms with Crippen LogP contribution in [0.2, 0.25) is 10.0 Å². The normalized spacial score (nSPS) is 12.8. The molecule has 1 aliphatic carbocycles. The summed E-state index contributed by atoms with van der Waals surface area (Å²) in [6.07, 6.45) is 6.63. The molecule has 0 spiro atoms. The van der Waals surface area contributed by atoms with E-state index in [9.17, 15) is 14.1 Å². The second kappa shape index (κ2) is 15.9. The molecule has 0 radical (unpaired) electrons. The summed E-state index contributed by atoms with van der Waals surface area (Å²) in [5, 5.41) is 12.1. The predicted octanol–water partition coefficient (Wildman–Crippen LogP) is 9.11. The third-order valence-corrected chi connectivity index (χ3v) is 8.99. The number of hydrogen-bond acceptors (Lipinski definition) is 4. The molecule has 0 bridgehead atoms. The number of fused-ring (bicyclic) bond motifs is 2. The van der Waals surface area contributed by atoms with E-state index in [2.05, 4.69) is 19.4 Å². The van der Waals surface area contributed by atoms with E-state index in [-0.39, 0.29) is 5.78 Å². The smallest absolute Gasteiger partial charge is 0.188 e. The Bertz CT molecular complexity index is 1950. The molecule has 4 aromatic carbocycles. The molecule has 1 atom stereocenters. The van der Waals surface area contributed by atoms with Crippen molar-refractivity contribution in [3.05, 3.63) is 154 Å². The van der Waals surface area contributed by atoms with Crippen molar-refractivity contribution in [3.8, 4) is 5.75 Å². The number of phenols is 1. The van der Waals surface area contributed by atoms with Crippen LogP contribution in [0, 0.1) is 0 Å². The molecule has 6 aromatic rings. The van der Waals surface area contributed by atoms with Crippen LogP contribution < -0.4 is 0 Å². The molecule has 46 heavy (non-hydrogen) atoms. The van der Waals surface area contributed by atoms with E-state index < -0.39 is 11.1 Å². The number of benzene rings is 4. The van der Waals surface area contributed by atoms with Crippen LogP contribution >= 0.6 is 23.2 Å². The van der Waals surface area contributed by atoms with Crippen molar-refractivity contribution in [2.24, 2.45) is 0 Å². The maximum atomic E-state index is 11.8. The summed E-state index contributed by atoms with van der Waals surface area (Å²) in [6.45, 7) is 1.52. The fourth-order valence-corrected chi connectivity index (χ4v) is 6.37. The van der Waals surface area contributed by atoms with Gasteiger partial charge in [-0.2, -0.15) is 0 Å². The zero-order chi connectivity index (χ0) is 32.5. The second-order valence-corrected chi connectivity index (χ2v) is 12.9. The molecule has 236 valence electrons. The third-order valence-electron chi connectivity index (χ3n) is 7.56. The van der Waals surface area contributed by atoms with Crippen LogP contribution in [0.5, 0.6) is 5.75 Å². The maximum Gasteiger partial charge on any atom is 0.188 e. The largest absolute Gasteiger partial charge is 0.507 e. The minimum atomic E-state index is -1.29. The number of rotatable bonds is 6. The number of aromatic hydroxyl groups is 1. The Kier molecular flexibility index (Phi) is 11.5. The summed E-state index contributed by atoms with van der Waals surface area (Å²) < 4.78 is 19.8. The Morgan fingerprint density at radius 1 is 0.761 bits per heavy atom. The van der Waals surface area contributed by atoms with Gasteiger partial charge in [0, 0.05) is 58.6 Å². The number of carbonyl (C=O) groups excluding carboxylic acids is 1. The van der Waals surface area contributed by atoms with Crippen molar-refractivity contribution in [3.63, 3.8) is 0 Å². The molecule has 2 aromatic heterocycles. The minimum Gasteiger partial charge on any atom is -0.507 e. The minimum absolute atomic E-state index is 0.279. The van der Waals surface area contributed by atoms with Crippen LogP contribution in [0.25, 0.3) is 10.9 Å². The van der Waals surface area contributed by atoms with E-state index in [4.69, 9.17) is 23.2 Å². The molecule has 1 N–H and O–H groups in total. The van der Waals surface area contributed by atoms with Gasteiger partial charge in [-0.3, -0.25) is 8.98 Å². The van der Waals surface area contributed by atoms with Gasteiger partial charge in [0.15, 0.2) is 16.9 Å². The molecule has 1 aliphatic rings. The molecule has 1 unspecified atom stereocenters. The van der Waals surface area contributed by atoms with Crippen molar-refractivity contribution < 1.29 is 18.3 Å². The van der Waals surface area contributed by atoms with Gasteiger partial charge in [-0.25, -0.2) is 4.21 Å². The third kappa shape index (κ3) is 8.56. The zero-order valence-corrected chi connectivity index (χ0v) is 27.6. The lowest BCUT2D eigenvalue weighted by Crippen LogP contribution is -2.13. The first-order chi connectivity index (χ1) is 22.3. The molecule has 2 heterocycles. The molecular weight excluding hydrogens is 639 g/mol. The van der Waals surface area contributed by atoms with Crippen LogP contribution in [0.15, 0.2) is 126 Å². The molecule has 7 rings (SSSR count). The average Bonchev–Trinajstić information content (AvgIpc) is 3.67. The first-order valence-electron chi connectivity index (χ1n) is 14.8. The number of phenolic OH excluding ortho intramolecular Hbond substituents is 1. The second-order valence-electron chi connectivity index (χ2n) is 10.7. The van der Waals surface area contributed by atoms with Crippen molar-refractivity contribution in [1.82, 2.24) is 9.13 Å². The van der Waals surface area contributed by atoms with Crippen LogP contribution in [-0.2, 0) is 34.8 Å². The fraction of sp³-hybridized carbons (Fsp3) is 0.162. The quantitative estimate of drug-likeness (QED) is 0.192. The van der Waals surface area contributed by atoms with Gasteiger partial charge < -0.3 is 14.2 Å². The Labute approximate surface area is 281 Å². The van der Waals surface area contributed by atoms with Crippen LogP contribution in [0.1, 0.15) is 40.0 Å². The van der Waals surface area contributed by atoms with Gasteiger partial charge in [-0.05, 0) is 84.6 Å². The number of carbonyl (C=O) groups is 1. The predicted molar refractivity (Wildman–Crippen MR) is 186 cm³/mol. The highest BCUT2D eigenvalue weighted by molar-refractivity contribution is 7.80. The van der Waals surface area contributed by atoms with E-state index >= 15 is 0 Å². The standard InChI is InChI=1S/C15H14ClNO.C15H12ClNO.C7H8O2S/c2*16-12-4-1-3-11(9-12)10-17-8-7-13-14(17)5-2-6-15(13)18;1-9-10(8)7-5-3-2-4-6-7/h1,3-4,7-9H,2,5-6,10H2;1-9,18H,10H2;2-6H,1H3. The van der Waals surface area contributed by atoms with E-state index in [0.29, 0.717) is 17.1 Å². The van der Waals surface area contributed by atoms with E-state index in [1.807, 2.05) is 97.3 Å². The van der Waals surface area contributed by atoms with Crippen molar-refractivity contribution in [1.29, 1.82) is 0 Å². The van der Waals surface area contributed by atoms with Gasteiger partial charge in [0.1, 0.15) is 5.75 Å². The summed E-state index contributed by atoms with van der Waals surface area (Å²) in [5.74, 6) is 0.596. The zero-order valence-electron chi connectivity index (χ0n) is 25.3. The maximum absolute atomic E-state index is 11.8. The van der Waals surface area contributed by atoms with Gasteiger partial charge in [-0.15, -0.1) is 0 Å². The summed E-state index contributed by atoms with van der Waals surface area (Å²) in [4.78, 5) is 12.5. The number of aromatic nitrogens is 2. The lowest BCUT2D eigenvalue weighted by Gasteiger charge is -2.15. The van der Waals surface area contributed by atoms with E-state index in [0.717, 1.165) is 58.0 Å². The van der Waals surface area contributed by atoms with Crippen molar-refractivity contribution >= 4 is 51.0 Å². The van der Waals surface area contributed by atoms with Gasteiger partial charge in [-0.1, -0.05) is 71.7 Å². The number of ketones is 1. The molecule has 6 nitrogen and oxygen atoms in total. The molecular formula is C37H34Cl2N2O4S. The van der Waals surface area contributed by atoms with Gasteiger partial charge in [0.05, 0.1) is 17.5 Å². The number of Topliss-reactive ketones (excluding diaryl/α,β-unsaturated/α-hetero) is 1. The van der Waals surface area contributed by atoms with E-state index in [1.165, 1.54) is 18.4 Å². The van der Waals surface area contributed by atoms with Gasteiger partial charge in [0.2, 0.25) is 0 Å². The van der Waals surface area contributed by atoms with Crippen LogP contribution in [0.4, 0.5) is 0 Å². The summed E-state index contributed by atoms with van der Waals surface area (Å²) in [5.41, 5.74) is 5.41. The highest BCUT2D eigenvalue weighted by atomic mass is 35.5. The first kappa shape index (κ1) is 33.2. The number of hydrogen-bond donors (Lipinski definition) is 1. The molecule has 0 aliphatic heterocycles. The van der Waals surface area contributed by atoms with E-state index in [1.54, 1.807) is 18.2 Å². The SMILES string of the molecule is COS(=O)c1ccccc1.O=C1CCCc2c1ccn2Cc1cccc(Cl)c1.Oc1cccc2c1ccn2Cc1cccc(Cl)c1. The Morgan fingerprint density at radius 2 is 1.39 bits per heavy atom. The Morgan fingerprint density at radius 3 is 2.04 bits per heavy atom. The number of halogens is 2. The summed E-state index contributed by atoms with van der Waals surface area (Å²) >= 11 is 10.7. The Hall–Kier alpha value is -4.14. The average molecular weight is 674 g/mol. The lowest BCUT2D eigenvalue weighted by molar-refractivity contribution is 0.0971. The molecule has 9 heteroatoms. The van der Waals surface area contributed by atoms with Crippen LogP contribution in [-0.4, -0.2) is 31.3 Å². The number of nitrogens with zero attached hydrogens (tertiary/aromatic N) is 2. The highest BCUT2D eigenvalue weighted by Gasteiger charge is 2.20. The molecule has 0 fully saturated rings. The molecule has 0 saturated heterocycles. The Balaban J connectivity index is 0.000000142. The highest BCUT2D eigenvalue weighted by Crippen LogP contribution is 2.26. The van der Waals surface area contributed by atoms with Crippen molar-refractivity contribution in [2.75, 3.05) is 7.11 Å². The van der Waals surface area contributed by atoms with Crippen molar-refractivity contribution in [2.45, 2.75) is 37.2 Å². The van der Waals surface area contributed by atoms with Crippen LogP contribution in [0.3, 0.4) is 0 Å². The topological polar surface area (TPSA) is 73.5 Å². The summed E-state index contributed by atoms with van der Waals surface area (Å²) in [6, 6.07) is 34.1. The molecule has 0 saturated carbocycles.